The number of hydrogen-bond acceptors (Lipinski definition) is 4. The summed E-state index contributed by atoms with van der Waals surface area (Å²) in [5.41, 5.74) is 0.798. The SMILES string of the molecule is COC(=O)Cc1nccc(Br)c1C#N. The van der Waals surface area contributed by atoms with Crippen LogP contribution in [0.2, 0.25) is 0 Å². The van der Waals surface area contributed by atoms with Crippen molar-refractivity contribution in [2.75, 3.05) is 7.11 Å². The zero-order chi connectivity index (χ0) is 10.6. The van der Waals surface area contributed by atoms with Crippen LogP contribution in [0.25, 0.3) is 0 Å². The van der Waals surface area contributed by atoms with Gasteiger partial charge in [0.2, 0.25) is 0 Å². The lowest BCUT2D eigenvalue weighted by molar-refractivity contribution is -0.139. The first-order chi connectivity index (χ1) is 6.69. The van der Waals surface area contributed by atoms with Crippen LogP contribution in [-0.2, 0) is 16.0 Å². The Kier molecular flexibility index (Phi) is 3.60. The molecule has 0 bridgehead atoms. The van der Waals surface area contributed by atoms with Crippen molar-refractivity contribution in [3.63, 3.8) is 0 Å². The Bertz CT molecular complexity index is 398. The summed E-state index contributed by atoms with van der Waals surface area (Å²) in [4.78, 5) is 14.9. The average molecular weight is 255 g/mol. The highest BCUT2D eigenvalue weighted by Gasteiger charge is 2.11. The molecule has 0 aromatic carbocycles. The van der Waals surface area contributed by atoms with Crippen LogP contribution in [0.15, 0.2) is 16.7 Å². The van der Waals surface area contributed by atoms with Crippen molar-refractivity contribution >= 4 is 21.9 Å². The van der Waals surface area contributed by atoms with Gasteiger partial charge in [0, 0.05) is 10.7 Å². The van der Waals surface area contributed by atoms with Crippen LogP contribution in [0.1, 0.15) is 11.3 Å². The second-order valence-corrected chi connectivity index (χ2v) is 3.33. The van der Waals surface area contributed by atoms with Crippen molar-refractivity contribution < 1.29 is 9.53 Å². The highest BCUT2D eigenvalue weighted by atomic mass is 79.9. The topological polar surface area (TPSA) is 63.0 Å². The third-order valence-corrected chi connectivity index (χ3v) is 2.29. The second-order valence-electron chi connectivity index (χ2n) is 2.48. The fourth-order valence-corrected chi connectivity index (χ4v) is 1.37. The summed E-state index contributed by atoms with van der Waals surface area (Å²) in [6.45, 7) is 0. The molecule has 0 aliphatic rings. The van der Waals surface area contributed by atoms with Crippen molar-refractivity contribution in [2.24, 2.45) is 0 Å². The molecule has 72 valence electrons. The molecule has 5 heteroatoms. The summed E-state index contributed by atoms with van der Waals surface area (Å²) in [5, 5.41) is 8.81. The first-order valence-corrected chi connectivity index (χ1v) is 4.58. The Morgan fingerprint density at radius 3 is 3.07 bits per heavy atom. The minimum absolute atomic E-state index is 0.0127. The average Bonchev–Trinajstić information content (AvgIpc) is 2.18. The van der Waals surface area contributed by atoms with Gasteiger partial charge in [0.05, 0.1) is 24.8 Å². The molecule has 0 saturated heterocycles. The van der Waals surface area contributed by atoms with E-state index in [1.807, 2.05) is 6.07 Å². The summed E-state index contributed by atoms with van der Waals surface area (Å²) in [5.74, 6) is -0.410. The maximum absolute atomic E-state index is 11.0. The predicted molar refractivity (Wildman–Crippen MR) is 52.4 cm³/mol. The molecule has 1 aromatic heterocycles. The summed E-state index contributed by atoms with van der Waals surface area (Å²) in [6, 6.07) is 3.63. The van der Waals surface area contributed by atoms with Crippen molar-refractivity contribution in [1.29, 1.82) is 5.26 Å². The second kappa shape index (κ2) is 4.72. The first-order valence-electron chi connectivity index (χ1n) is 3.79. The minimum Gasteiger partial charge on any atom is -0.469 e. The normalized spacial score (nSPS) is 9.21. The number of pyridine rings is 1. The Hall–Kier alpha value is -1.41. The van der Waals surface area contributed by atoms with Crippen molar-refractivity contribution in [1.82, 2.24) is 4.98 Å². The third kappa shape index (κ3) is 2.30. The number of rotatable bonds is 2. The van der Waals surface area contributed by atoms with Crippen LogP contribution in [-0.4, -0.2) is 18.1 Å². The van der Waals surface area contributed by atoms with Crippen LogP contribution in [0.5, 0.6) is 0 Å². The van der Waals surface area contributed by atoms with E-state index < -0.39 is 5.97 Å². The largest absolute Gasteiger partial charge is 0.469 e. The zero-order valence-corrected chi connectivity index (χ0v) is 9.04. The molecular formula is C9H7BrN2O2. The molecule has 0 radical (unpaired) electrons. The van der Waals surface area contributed by atoms with E-state index in [-0.39, 0.29) is 6.42 Å². The zero-order valence-electron chi connectivity index (χ0n) is 7.45. The van der Waals surface area contributed by atoms with Crippen LogP contribution >= 0.6 is 15.9 Å². The number of aromatic nitrogens is 1. The van der Waals surface area contributed by atoms with E-state index in [4.69, 9.17) is 5.26 Å². The van der Waals surface area contributed by atoms with Crippen molar-refractivity contribution in [2.45, 2.75) is 6.42 Å². The number of halogens is 1. The number of esters is 1. The number of hydrogen-bond donors (Lipinski definition) is 0. The molecule has 0 N–H and O–H groups in total. The van der Waals surface area contributed by atoms with Crippen LogP contribution in [0.4, 0.5) is 0 Å². The van der Waals surface area contributed by atoms with Crippen molar-refractivity contribution in [3.05, 3.63) is 28.0 Å². The molecule has 0 aliphatic carbocycles. The van der Waals surface area contributed by atoms with E-state index in [2.05, 4.69) is 25.7 Å². The molecule has 1 heterocycles. The van der Waals surface area contributed by atoms with E-state index in [1.54, 1.807) is 6.07 Å². The number of nitrogens with zero attached hydrogens (tertiary/aromatic N) is 2. The number of ether oxygens (including phenoxy) is 1. The predicted octanol–water partition coefficient (Wildman–Crippen LogP) is 1.43. The molecule has 0 aliphatic heterocycles. The summed E-state index contributed by atoms with van der Waals surface area (Å²) < 4.78 is 5.12. The van der Waals surface area contributed by atoms with Gasteiger partial charge in [-0.15, -0.1) is 0 Å². The van der Waals surface area contributed by atoms with Gasteiger partial charge in [0.1, 0.15) is 6.07 Å². The van der Waals surface area contributed by atoms with E-state index >= 15 is 0 Å². The van der Waals surface area contributed by atoms with Gasteiger partial charge in [-0.1, -0.05) is 0 Å². The van der Waals surface area contributed by atoms with E-state index in [0.717, 1.165) is 0 Å². The van der Waals surface area contributed by atoms with Gasteiger partial charge in [-0.2, -0.15) is 5.26 Å². The van der Waals surface area contributed by atoms with Gasteiger partial charge in [-0.3, -0.25) is 9.78 Å². The van der Waals surface area contributed by atoms with Crippen LogP contribution < -0.4 is 0 Å². The van der Waals surface area contributed by atoms with Gasteiger partial charge >= 0.3 is 5.97 Å². The molecule has 0 amide bonds. The van der Waals surface area contributed by atoms with Gasteiger partial charge in [0.15, 0.2) is 0 Å². The molecule has 0 saturated carbocycles. The molecule has 0 fully saturated rings. The summed E-state index contributed by atoms with van der Waals surface area (Å²) in [7, 11) is 1.30. The van der Waals surface area contributed by atoms with Gasteiger partial charge in [0.25, 0.3) is 0 Å². The lowest BCUT2D eigenvalue weighted by Crippen LogP contribution is -2.08. The molecule has 0 unspecified atom stereocenters. The highest BCUT2D eigenvalue weighted by molar-refractivity contribution is 9.10. The minimum atomic E-state index is -0.410. The first kappa shape index (κ1) is 10.7. The van der Waals surface area contributed by atoms with Crippen molar-refractivity contribution in [3.8, 4) is 6.07 Å². The fourth-order valence-electron chi connectivity index (χ4n) is 0.939. The quantitative estimate of drug-likeness (QED) is 0.750. The number of carbonyl (C=O) groups excluding carboxylic acids is 1. The lowest BCUT2D eigenvalue weighted by Gasteiger charge is -2.02. The van der Waals surface area contributed by atoms with Gasteiger partial charge in [-0.25, -0.2) is 0 Å². The molecule has 1 rings (SSSR count). The van der Waals surface area contributed by atoms with E-state index in [9.17, 15) is 4.79 Å². The molecule has 14 heavy (non-hydrogen) atoms. The summed E-state index contributed by atoms with van der Waals surface area (Å²) >= 11 is 3.20. The molecular weight excluding hydrogens is 248 g/mol. The summed E-state index contributed by atoms with van der Waals surface area (Å²) in [6.07, 6.45) is 1.54. The Balaban J connectivity index is 3.04. The monoisotopic (exact) mass is 254 g/mol. The van der Waals surface area contributed by atoms with Gasteiger partial charge in [-0.05, 0) is 22.0 Å². The maximum Gasteiger partial charge on any atom is 0.311 e. The van der Waals surface area contributed by atoms with E-state index in [0.29, 0.717) is 15.7 Å². The number of carbonyl (C=O) groups is 1. The Morgan fingerprint density at radius 2 is 2.50 bits per heavy atom. The molecule has 4 nitrogen and oxygen atoms in total. The third-order valence-electron chi connectivity index (χ3n) is 1.63. The lowest BCUT2D eigenvalue weighted by atomic mass is 10.1. The maximum atomic E-state index is 11.0. The fraction of sp³-hybridized carbons (Fsp3) is 0.222. The Labute approximate surface area is 89.6 Å². The smallest absolute Gasteiger partial charge is 0.311 e. The molecule has 0 atom stereocenters. The molecule has 1 aromatic rings. The molecule has 0 spiro atoms. The van der Waals surface area contributed by atoms with E-state index in [1.165, 1.54) is 13.3 Å². The number of methoxy groups -OCH3 is 1. The standard InChI is InChI=1S/C9H7BrN2O2/c1-14-9(13)4-8-6(5-11)7(10)2-3-12-8/h2-3H,4H2,1H3. The highest BCUT2D eigenvalue weighted by Crippen LogP contribution is 2.18. The Morgan fingerprint density at radius 1 is 1.79 bits per heavy atom. The van der Waals surface area contributed by atoms with Crippen LogP contribution in [0, 0.1) is 11.3 Å². The number of nitriles is 1. The van der Waals surface area contributed by atoms with Crippen LogP contribution in [0.3, 0.4) is 0 Å². The van der Waals surface area contributed by atoms with Gasteiger partial charge < -0.3 is 4.74 Å².